The van der Waals surface area contributed by atoms with Gasteiger partial charge in [0.2, 0.25) is 21.8 Å². The quantitative estimate of drug-likeness (QED) is 0.855. The van der Waals surface area contributed by atoms with Crippen LogP contribution in [-0.2, 0) is 19.6 Å². The number of sulfonamides is 1. The molecule has 2 aliphatic heterocycles. The van der Waals surface area contributed by atoms with Crippen LogP contribution < -0.4 is 5.32 Å². The summed E-state index contributed by atoms with van der Waals surface area (Å²) < 4.78 is 26.7. The summed E-state index contributed by atoms with van der Waals surface area (Å²) in [7, 11) is -3.47. The van der Waals surface area contributed by atoms with Gasteiger partial charge in [0.25, 0.3) is 0 Å². The van der Waals surface area contributed by atoms with Gasteiger partial charge in [0.15, 0.2) is 0 Å². The lowest BCUT2D eigenvalue weighted by Crippen LogP contribution is -2.35. The van der Waals surface area contributed by atoms with Gasteiger partial charge >= 0.3 is 0 Å². The fourth-order valence-corrected chi connectivity index (χ4v) is 4.73. The number of nitrogens with one attached hydrogen (secondary N) is 1. The number of benzene rings is 1. The number of carbonyl (C=O) groups is 2. The van der Waals surface area contributed by atoms with Crippen LogP contribution in [0.25, 0.3) is 0 Å². The zero-order valence-electron chi connectivity index (χ0n) is 14.1. The van der Waals surface area contributed by atoms with E-state index in [4.69, 9.17) is 0 Å². The molecule has 0 spiro atoms. The number of anilines is 1. The molecule has 0 aliphatic carbocycles. The van der Waals surface area contributed by atoms with Crippen LogP contribution in [0.4, 0.5) is 5.69 Å². The molecule has 0 atom stereocenters. The maximum Gasteiger partial charge on any atom is 0.243 e. The van der Waals surface area contributed by atoms with Gasteiger partial charge in [0.05, 0.1) is 11.4 Å². The third-order valence-corrected chi connectivity index (χ3v) is 6.51. The van der Waals surface area contributed by atoms with Crippen LogP contribution in [-0.4, -0.2) is 55.6 Å². The first-order chi connectivity index (χ1) is 12.0. The number of piperidine rings is 1. The van der Waals surface area contributed by atoms with E-state index in [9.17, 15) is 18.0 Å². The standard InChI is InChI=1S/C17H23N3O4S/c21-16(13-19-10-4-5-17(19)22)18-14-6-8-15(9-7-14)25(23,24)20-11-2-1-3-12-20/h6-9H,1-5,10-13H2,(H,18,21). The number of likely N-dealkylation sites (tertiary alicyclic amines) is 1. The largest absolute Gasteiger partial charge is 0.333 e. The van der Waals surface area contributed by atoms with Gasteiger partial charge in [-0.15, -0.1) is 0 Å². The lowest BCUT2D eigenvalue weighted by Gasteiger charge is -2.25. The molecule has 136 valence electrons. The predicted octanol–water partition coefficient (Wildman–Crippen LogP) is 1.42. The topological polar surface area (TPSA) is 86.8 Å². The second-order valence-corrected chi connectivity index (χ2v) is 8.39. The number of nitrogens with zero attached hydrogens (tertiary/aromatic N) is 2. The average Bonchev–Trinajstić information content (AvgIpc) is 3.01. The normalized spacial score (nSPS) is 19.2. The van der Waals surface area contributed by atoms with E-state index in [0.29, 0.717) is 31.7 Å². The number of hydrogen-bond acceptors (Lipinski definition) is 4. The zero-order chi connectivity index (χ0) is 17.9. The highest BCUT2D eigenvalue weighted by Crippen LogP contribution is 2.22. The SMILES string of the molecule is O=C(CN1CCCC1=O)Nc1ccc(S(=O)(=O)N2CCCCC2)cc1. The van der Waals surface area contributed by atoms with Gasteiger partial charge in [-0.05, 0) is 43.5 Å². The Balaban J connectivity index is 1.61. The third-order valence-electron chi connectivity index (χ3n) is 4.60. The summed E-state index contributed by atoms with van der Waals surface area (Å²) in [6.07, 6.45) is 4.13. The minimum atomic E-state index is -3.47. The molecule has 1 N–H and O–H groups in total. The molecule has 3 rings (SSSR count). The molecule has 0 aromatic heterocycles. The van der Waals surface area contributed by atoms with Gasteiger partial charge < -0.3 is 10.2 Å². The van der Waals surface area contributed by atoms with E-state index in [0.717, 1.165) is 25.7 Å². The van der Waals surface area contributed by atoms with Crippen molar-refractivity contribution in [3.63, 3.8) is 0 Å². The van der Waals surface area contributed by atoms with Crippen molar-refractivity contribution in [3.05, 3.63) is 24.3 Å². The third kappa shape index (κ3) is 4.19. The first kappa shape index (κ1) is 17.9. The van der Waals surface area contributed by atoms with E-state index < -0.39 is 10.0 Å². The summed E-state index contributed by atoms with van der Waals surface area (Å²) in [4.78, 5) is 25.3. The molecular formula is C17H23N3O4S. The van der Waals surface area contributed by atoms with E-state index in [1.807, 2.05) is 0 Å². The van der Waals surface area contributed by atoms with Gasteiger partial charge in [-0.3, -0.25) is 9.59 Å². The van der Waals surface area contributed by atoms with Gasteiger partial charge in [-0.2, -0.15) is 4.31 Å². The Labute approximate surface area is 148 Å². The molecule has 2 amide bonds. The molecule has 0 saturated carbocycles. The second-order valence-electron chi connectivity index (χ2n) is 6.46. The summed E-state index contributed by atoms with van der Waals surface area (Å²) in [5, 5.41) is 2.71. The highest BCUT2D eigenvalue weighted by Gasteiger charge is 2.26. The number of rotatable bonds is 5. The van der Waals surface area contributed by atoms with Gasteiger partial charge in [-0.25, -0.2) is 8.42 Å². The van der Waals surface area contributed by atoms with Crippen molar-refractivity contribution >= 4 is 27.5 Å². The summed E-state index contributed by atoms with van der Waals surface area (Å²) in [6, 6.07) is 6.20. The number of carbonyl (C=O) groups excluding carboxylic acids is 2. The van der Waals surface area contributed by atoms with Crippen LogP contribution in [0.15, 0.2) is 29.2 Å². The molecule has 2 heterocycles. The van der Waals surface area contributed by atoms with Crippen molar-refractivity contribution in [2.45, 2.75) is 37.0 Å². The maximum atomic E-state index is 12.6. The molecular weight excluding hydrogens is 342 g/mol. The van der Waals surface area contributed by atoms with E-state index >= 15 is 0 Å². The smallest absolute Gasteiger partial charge is 0.243 e. The molecule has 0 radical (unpaired) electrons. The molecule has 1 aromatic rings. The van der Waals surface area contributed by atoms with Gasteiger partial charge in [0, 0.05) is 31.7 Å². The van der Waals surface area contributed by atoms with Crippen molar-refractivity contribution in [1.29, 1.82) is 0 Å². The van der Waals surface area contributed by atoms with E-state index in [2.05, 4.69) is 5.32 Å². The summed E-state index contributed by atoms with van der Waals surface area (Å²) in [5.74, 6) is -0.278. The van der Waals surface area contributed by atoms with Crippen molar-refractivity contribution in [1.82, 2.24) is 9.21 Å². The van der Waals surface area contributed by atoms with Crippen molar-refractivity contribution in [2.24, 2.45) is 0 Å². The predicted molar refractivity (Wildman–Crippen MR) is 93.5 cm³/mol. The highest BCUT2D eigenvalue weighted by molar-refractivity contribution is 7.89. The van der Waals surface area contributed by atoms with Crippen LogP contribution in [0.2, 0.25) is 0 Å². The molecule has 1 aromatic carbocycles. The van der Waals surface area contributed by atoms with E-state index in [-0.39, 0.29) is 23.3 Å². The van der Waals surface area contributed by atoms with Crippen LogP contribution in [0, 0.1) is 0 Å². The fourth-order valence-electron chi connectivity index (χ4n) is 3.21. The molecule has 0 bridgehead atoms. The Kier molecular flexibility index (Phi) is 5.39. The van der Waals surface area contributed by atoms with Crippen LogP contribution in [0.3, 0.4) is 0 Å². The average molecular weight is 365 g/mol. The summed E-state index contributed by atoms with van der Waals surface area (Å²) >= 11 is 0. The monoisotopic (exact) mass is 365 g/mol. The van der Waals surface area contributed by atoms with Gasteiger partial charge in [-0.1, -0.05) is 6.42 Å². The zero-order valence-corrected chi connectivity index (χ0v) is 14.9. The molecule has 2 fully saturated rings. The van der Waals surface area contributed by atoms with Gasteiger partial charge in [0.1, 0.15) is 0 Å². The highest BCUT2D eigenvalue weighted by atomic mass is 32.2. The number of amides is 2. The summed E-state index contributed by atoms with van der Waals surface area (Å²) in [6.45, 7) is 1.77. The first-order valence-electron chi connectivity index (χ1n) is 8.65. The molecule has 25 heavy (non-hydrogen) atoms. The minimum absolute atomic E-state index is 0.00174. The molecule has 0 unspecified atom stereocenters. The Hall–Kier alpha value is -1.93. The maximum absolute atomic E-state index is 12.6. The Morgan fingerprint density at radius 2 is 1.68 bits per heavy atom. The van der Waals surface area contributed by atoms with E-state index in [1.54, 1.807) is 12.1 Å². The van der Waals surface area contributed by atoms with Crippen LogP contribution in [0.5, 0.6) is 0 Å². The number of hydrogen-bond donors (Lipinski definition) is 1. The molecule has 8 heteroatoms. The lowest BCUT2D eigenvalue weighted by atomic mass is 10.2. The molecule has 7 nitrogen and oxygen atoms in total. The second kappa shape index (κ2) is 7.53. The van der Waals surface area contributed by atoms with E-state index in [1.165, 1.54) is 21.3 Å². The molecule has 2 saturated heterocycles. The molecule has 2 aliphatic rings. The minimum Gasteiger partial charge on any atom is -0.333 e. The Bertz CT molecular complexity index is 740. The fraction of sp³-hybridized carbons (Fsp3) is 0.529. The van der Waals surface area contributed by atoms with Crippen LogP contribution in [0.1, 0.15) is 32.1 Å². The summed E-state index contributed by atoms with van der Waals surface area (Å²) in [5.41, 5.74) is 0.522. The van der Waals surface area contributed by atoms with Crippen LogP contribution >= 0.6 is 0 Å². The lowest BCUT2D eigenvalue weighted by molar-refractivity contribution is -0.131. The van der Waals surface area contributed by atoms with Crippen molar-refractivity contribution < 1.29 is 18.0 Å². The Morgan fingerprint density at radius 1 is 1.00 bits per heavy atom. The van der Waals surface area contributed by atoms with Crippen molar-refractivity contribution in [2.75, 3.05) is 31.5 Å². The first-order valence-corrected chi connectivity index (χ1v) is 10.1. The van der Waals surface area contributed by atoms with Crippen molar-refractivity contribution in [3.8, 4) is 0 Å². The Morgan fingerprint density at radius 3 is 2.28 bits per heavy atom.